The summed E-state index contributed by atoms with van der Waals surface area (Å²) in [5.41, 5.74) is 0.322. The van der Waals surface area contributed by atoms with Crippen molar-refractivity contribution in [2.24, 2.45) is 47.3 Å². The first-order valence-electron chi connectivity index (χ1n) is 14.8. The maximum atomic E-state index is 13.5. The van der Waals surface area contributed by atoms with Gasteiger partial charge in [0.1, 0.15) is 6.04 Å². The van der Waals surface area contributed by atoms with Crippen LogP contribution in [0.2, 0.25) is 5.02 Å². The number of carbonyl (C=O) groups excluding carboxylic acids is 6. The fraction of sp³-hybridized carbons (Fsp3) is 0.500. The van der Waals surface area contributed by atoms with E-state index in [1.165, 1.54) is 17.0 Å². The first-order valence-corrected chi connectivity index (χ1v) is 15.2. The molecule has 7 rings (SSSR count). The maximum Gasteiger partial charge on any atom is 0.329 e. The van der Waals surface area contributed by atoms with Crippen molar-refractivity contribution >= 4 is 47.0 Å². The number of nitrogens with zero attached hydrogens (tertiary/aromatic N) is 2. The normalized spacial score (nSPS) is 34.1. The monoisotopic (exact) mass is 590 g/mol. The van der Waals surface area contributed by atoms with Gasteiger partial charge in [-0.3, -0.25) is 33.8 Å². The van der Waals surface area contributed by atoms with Crippen LogP contribution in [0.1, 0.15) is 42.5 Å². The van der Waals surface area contributed by atoms with Gasteiger partial charge in [-0.25, -0.2) is 4.79 Å². The van der Waals surface area contributed by atoms with Gasteiger partial charge in [0.05, 0.1) is 23.7 Å². The molecule has 2 aliphatic heterocycles. The first kappa shape index (κ1) is 27.3. The number of unbranched alkanes of at least 4 members (excludes halogenated alkanes) is 1. The van der Waals surface area contributed by atoms with Crippen molar-refractivity contribution in [3.8, 4) is 0 Å². The van der Waals surface area contributed by atoms with Gasteiger partial charge in [0.15, 0.2) is 12.4 Å². The molecule has 9 nitrogen and oxygen atoms in total. The Morgan fingerprint density at radius 3 is 1.79 bits per heavy atom. The van der Waals surface area contributed by atoms with Gasteiger partial charge in [0.2, 0.25) is 23.6 Å². The largest absolute Gasteiger partial charge is 0.456 e. The number of allylic oxidation sites excluding steroid dienone is 4. The van der Waals surface area contributed by atoms with E-state index in [0.717, 1.165) is 17.7 Å². The number of hydrogen-bond donors (Lipinski definition) is 0. The molecule has 0 radical (unpaired) electrons. The van der Waals surface area contributed by atoms with Gasteiger partial charge in [-0.1, -0.05) is 35.9 Å². The van der Waals surface area contributed by atoms with Crippen LogP contribution in [-0.2, 0) is 28.7 Å². The van der Waals surface area contributed by atoms with Crippen LogP contribution in [0.25, 0.3) is 0 Å². The van der Waals surface area contributed by atoms with Crippen LogP contribution in [-0.4, -0.2) is 64.4 Å². The fourth-order valence-electron chi connectivity index (χ4n) is 8.33. The Labute approximate surface area is 247 Å². The molecule has 2 saturated carbocycles. The summed E-state index contributed by atoms with van der Waals surface area (Å²) in [5, 5.41) is 0.466. The molecule has 0 aromatic heterocycles. The van der Waals surface area contributed by atoms with Crippen LogP contribution in [0.3, 0.4) is 0 Å². The van der Waals surface area contributed by atoms with Crippen LogP contribution in [0.4, 0.5) is 0 Å². The maximum absolute atomic E-state index is 13.5. The lowest BCUT2D eigenvalue weighted by atomic mass is 9.85. The molecule has 0 spiro atoms. The third-order valence-corrected chi connectivity index (χ3v) is 10.5. The highest BCUT2D eigenvalue weighted by Crippen LogP contribution is 2.54. The zero-order chi connectivity index (χ0) is 29.3. The van der Waals surface area contributed by atoms with Crippen LogP contribution >= 0.6 is 11.6 Å². The number of amides is 4. The molecule has 218 valence electrons. The minimum absolute atomic E-state index is 0.0129. The van der Waals surface area contributed by atoms with Crippen molar-refractivity contribution in [3.05, 3.63) is 59.2 Å². The van der Waals surface area contributed by atoms with Gasteiger partial charge >= 0.3 is 5.97 Å². The number of imide groups is 2. The highest BCUT2D eigenvalue weighted by molar-refractivity contribution is 6.30. The SMILES string of the molecule is O=C(COC(=O)C(CCCCN1C(=O)C2C3C=CC(C3)C2C1=O)N1C(=O)C2C3C=CC(C3)C2C1=O)c1ccc(Cl)cc1. The Bertz CT molecular complexity index is 1390. The lowest BCUT2D eigenvalue weighted by molar-refractivity contribution is -0.159. The third kappa shape index (κ3) is 4.19. The van der Waals surface area contributed by atoms with Crippen molar-refractivity contribution in [1.82, 2.24) is 9.80 Å². The Hall–Kier alpha value is -3.59. The summed E-state index contributed by atoms with van der Waals surface area (Å²) in [6, 6.07) is 5.00. The van der Waals surface area contributed by atoms with E-state index in [9.17, 15) is 28.8 Å². The van der Waals surface area contributed by atoms with Gasteiger partial charge < -0.3 is 4.74 Å². The van der Waals surface area contributed by atoms with Crippen molar-refractivity contribution in [2.75, 3.05) is 13.2 Å². The summed E-state index contributed by atoms with van der Waals surface area (Å²) >= 11 is 5.89. The zero-order valence-corrected chi connectivity index (χ0v) is 23.7. The van der Waals surface area contributed by atoms with Crippen LogP contribution in [0, 0.1) is 47.3 Å². The average molecular weight is 591 g/mol. The van der Waals surface area contributed by atoms with E-state index in [1.807, 2.05) is 12.2 Å². The minimum Gasteiger partial charge on any atom is -0.456 e. The second-order valence-corrected chi connectivity index (χ2v) is 12.9. The van der Waals surface area contributed by atoms with E-state index in [1.54, 1.807) is 12.1 Å². The molecule has 4 aliphatic carbocycles. The predicted molar refractivity (Wildman–Crippen MR) is 148 cm³/mol. The molecule has 9 atom stereocenters. The van der Waals surface area contributed by atoms with Gasteiger partial charge in [-0.05, 0) is 80.0 Å². The van der Waals surface area contributed by atoms with E-state index in [0.29, 0.717) is 23.4 Å². The number of benzene rings is 1. The van der Waals surface area contributed by atoms with Gasteiger partial charge in [0, 0.05) is 17.1 Å². The number of esters is 1. The quantitative estimate of drug-likeness (QED) is 0.135. The molecule has 2 saturated heterocycles. The molecule has 4 fully saturated rings. The zero-order valence-electron chi connectivity index (χ0n) is 22.9. The number of carbonyl (C=O) groups is 6. The summed E-state index contributed by atoms with van der Waals surface area (Å²) < 4.78 is 5.39. The summed E-state index contributed by atoms with van der Waals surface area (Å²) in [6.45, 7) is -0.315. The first-order chi connectivity index (χ1) is 20.2. The minimum atomic E-state index is -1.18. The average Bonchev–Trinajstić information content (AvgIpc) is 3.83. The van der Waals surface area contributed by atoms with Crippen LogP contribution < -0.4 is 0 Å². The molecule has 9 unspecified atom stereocenters. The smallest absolute Gasteiger partial charge is 0.329 e. The van der Waals surface area contributed by atoms with E-state index < -0.39 is 36.2 Å². The summed E-state index contributed by atoms with van der Waals surface area (Å²) in [5.74, 6) is -3.47. The number of ketones is 1. The Morgan fingerprint density at radius 1 is 0.762 bits per heavy atom. The van der Waals surface area contributed by atoms with Crippen molar-refractivity contribution in [1.29, 1.82) is 0 Å². The van der Waals surface area contributed by atoms with Crippen LogP contribution in [0.5, 0.6) is 0 Å². The number of fused-ring (bicyclic) bond motifs is 10. The second kappa shape index (κ2) is 10.3. The Balaban J connectivity index is 1.02. The Morgan fingerprint density at radius 2 is 1.26 bits per heavy atom. The molecule has 1 aromatic rings. The number of likely N-dealkylation sites (tertiary alicyclic amines) is 2. The topological polar surface area (TPSA) is 118 Å². The molecule has 42 heavy (non-hydrogen) atoms. The number of Topliss-reactive ketones (excluding diaryl/α,β-unsaturated/α-hetero) is 1. The lowest BCUT2D eigenvalue weighted by Crippen LogP contribution is -2.47. The number of hydrogen-bond acceptors (Lipinski definition) is 7. The lowest BCUT2D eigenvalue weighted by Gasteiger charge is -2.26. The van der Waals surface area contributed by atoms with Crippen molar-refractivity contribution in [2.45, 2.75) is 38.1 Å². The molecular formula is C32H31ClN2O7. The highest BCUT2D eigenvalue weighted by Gasteiger charge is 2.61. The molecule has 4 bridgehead atoms. The highest BCUT2D eigenvalue weighted by atomic mass is 35.5. The molecule has 6 aliphatic rings. The fourth-order valence-corrected chi connectivity index (χ4v) is 8.45. The van der Waals surface area contributed by atoms with E-state index in [2.05, 4.69) is 12.2 Å². The second-order valence-electron chi connectivity index (χ2n) is 12.4. The van der Waals surface area contributed by atoms with Gasteiger partial charge in [0.25, 0.3) is 0 Å². The standard InChI is InChI=1S/C32H31ClN2O7/c33-21-10-8-16(9-11-21)23(36)15-42-32(41)22(35-30(39)26-19-6-7-20(14-19)27(26)31(35)40)3-1-2-12-34-28(37)24-17-4-5-18(13-17)25(24)29(34)38/h4-11,17-20,22,24-27H,1-3,12-15H2. The molecular weight excluding hydrogens is 560 g/mol. The molecule has 0 N–H and O–H groups in total. The van der Waals surface area contributed by atoms with Crippen molar-refractivity contribution < 1.29 is 33.5 Å². The predicted octanol–water partition coefficient (Wildman–Crippen LogP) is 3.22. The molecule has 4 amide bonds. The van der Waals surface area contributed by atoms with Crippen LogP contribution in [0.15, 0.2) is 48.6 Å². The third-order valence-electron chi connectivity index (χ3n) is 10.3. The number of rotatable bonds is 10. The summed E-state index contributed by atoms with van der Waals surface area (Å²) in [4.78, 5) is 81.5. The van der Waals surface area contributed by atoms with E-state index in [4.69, 9.17) is 16.3 Å². The van der Waals surface area contributed by atoms with Crippen molar-refractivity contribution in [3.63, 3.8) is 0 Å². The molecule has 1 aromatic carbocycles. The summed E-state index contributed by atoms with van der Waals surface area (Å²) in [6.07, 6.45) is 10.6. The van der Waals surface area contributed by atoms with E-state index in [-0.39, 0.29) is 72.1 Å². The number of halogens is 1. The molecule has 10 heteroatoms. The molecule has 2 heterocycles. The Kier molecular flexibility index (Phi) is 6.68. The summed E-state index contributed by atoms with van der Waals surface area (Å²) in [7, 11) is 0. The van der Waals surface area contributed by atoms with Gasteiger partial charge in [-0.15, -0.1) is 0 Å². The van der Waals surface area contributed by atoms with Gasteiger partial charge in [-0.2, -0.15) is 0 Å². The number of ether oxygens (including phenoxy) is 1. The van der Waals surface area contributed by atoms with E-state index >= 15 is 0 Å².